The molecule has 0 spiro atoms. The smallest absolute Gasteiger partial charge is 0.322 e. The standard InChI is InChI=1S/C15H12FNO3/c16-13-6-4-10(5-7-13)11-2-1-3-12(8-11)15(20)17-9-14(18)19/h1-8H,9H2,(H,17,20)(H,18,19). The van der Waals surface area contributed by atoms with Gasteiger partial charge in [-0.05, 0) is 35.4 Å². The first-order valence-electron chi connectivity index (χ1n) is 5.92. The molecule has 0 atom stereocenters. The summed E-state index contributed by atoms with van der Waals surface area (Å²) in [7, 11) is 0. The number of amides is 1. The number of aliphatic carboxylic acids is 1. The average molecular weight is 273 g/mol. The largest absolute Gasteiger partial charge is 0.480 e. The Kier molecular flexibility index (Phi) is 4.10. The van der Waals surface area contributed by atoms with Gasteiger partial charge < -0.3 is 10.4 Å². The Labute approximate surface area is 114 Å². The van der Waals surface area contributed by atoms with Crippen LogP contribution in [0.2, 0.25) is 0 Å². The van der Waals surface area contributed by atoms with Gasteiger partial charge in [-0.15, -0.1) is 0 Å². The Bertz CT molecular complexity index is 638. The minimum absolute atomic E-state index is 0.330. The highest BCUT2D eigenvalue weighted by Crippen LogP contribution is 2.20. The van der Waals surface area contributed by atoms with Gasteiger partial charge in [0.2, 0.25) is 0 Å². The Morgan fingerprint density at radius 3 is 2.40 bits per heavy atom. The second kappa shape index (κ2) is 5.97. The van der Waals surface area contributed by atoms with Crippen LogP contribution in [0.25, 0.3) is 11.1 Å². The molecule has 102 valence electrons. The summed E-state index contributed by atoms with van der Waals surface area (Å²) in [6.45, 7) is -0.431. The first kappa shape index (κ1) is 13.7. The van der Waals surface area contributed by atoms with E-state index >= 15 is 0 Å². The van der Waals surface area contributed by atoms with Gasteiger partial charge in [0.25, 0.3) is 5.91 Å². The highest BCUT2D eigenvalue weighted by Gasteiger charge is 2.08. The molecule has 2 rings (SSSR count). The van der Waals surface area contributed by atoms with Gasteiger partial charge in [-0.1, -0.05) is 24.3 Å². The molecule has 0 saturated carbocycles. The maximum atomic E-state index is 12.9. The van der Waals surface area contributed by atoms with Crippen molar-refractivity contribution in [3.63, 3.8) is 0 Å². The lowest BCUT2D eigenvalue weighted by Crippen LogP contribution is -2.29. The van der Waals surface area contributed by atoms with E-state index in [1.165, 1.54) is 12.1 Å². The monoisotopic (exact) mass is 273 g/mol. The molecule has 0 fully saturated rings. The van der Waals surface area contributed by atoms with Gasteiger partial charge in [0.15, 0.2) is 0 Å². The first-order chi connectivity index (χ1) is 9.56. The summed E-state index contributed by atoms with van der Waals surface area (Å²) in [6, 6.07) is 12.6. The molecule has 1 amide bonds. The number of hydrogen-bond acceptors (Lipinski definition) is 2. The molecule has 0 aliphatic heterocycles. The van der Waals surface area contributed by atoms with Crippen molar-refractivity contribution in [1.82, 2.24) is 5.32 Å². The summed E-state index contributed by atoms with van der Waals surface area (Å²) in [6.07, 6.45) is 0. The number of hydrogen-bond donors (Lipinski definition) is 2. The molecule has 0 aromatic heterocycles. The van der Waals surface area contributed by atoms with Gasteiger partial charge in [-0.25, -0.2) is 4.39 Å². The SMILES string of the molecule is O=C(O)CNC(=O)c1cccc(-c2ccc(F)cc2)c1. The fourth-order valence-electron chi connectivity index (χ4n) is 1.74. The van der Waals surface area contributed by atoms with Crippen LogP contribution in [-0.2, 0) is 4.79 Å². The molecule has 0 saturated heterocycles. The van der Waals surface area contributed by atoms with Gasteiger partial charge in [-0.3, -0.25) is 9.59 Å². The van der Waals surface area contributed by atoms with E-state index in [0.717, 1.165) is 11.1 Å². The molecular formula is C15H12FNO3. The zero-order chi connectivity index (χ0) is 14.5. The van der Waals surface area contributed by atoms with Gasteiger partial charge in [0.1, 0.15) is 12.4 Å². The summed E-state index contributed by atoms with van der Waals surface area (Å²) < 4.78 is 12.9. The number of nitrogens with one attached hydrogen (secondary N) is 1. The molecule has 0 radical (unpaired) electrons. The molecule has 2 N–H and O–H groups in total. The fraction of sp³-hybridized carbons (Fsp3) is 0.0667. The van der Waals surface area contributed by atoms with Crippen molar-refractivity contribution < 1.29 is 19.1 Å². The molecule has 0 heterocycles. The average Bonchev–Trinajstić information content (AvgIpc) is 2.45. The summed E-state index contributed by atoms with van der Waals surface area (Å²) in [4.78, 5) is 22.2. The van der Waals surface area contributed by atoms with Crippen LogP contribution < -0.4 is 5.32 Å². The zero-order valence-corrected chi connectivity index (χ0v) is 10.5. The Morgan fingerprint density at radius 2 is 1.75 bits per heavy atom. The first-order valence-corrected chi connectivity index (χ1v) is 5.92. The van der Waals surface area contributed by atoms with Crippen molar-refractivity contribution in [2.75, 3.05) is 6.54 Å². The van der Waals surface area contributed by atoms with Gasteiger partial charge in [-0.2, -0.15) is 0 Å². The Hall–Kier alpha value is -2.69. The van der Waals surface area contributed by atoms with Crippen molar-refractivity contribution >= 4 is 11.9 Å². The lowest BCUT2D eigenvalue weighted by atomic mass is 10.0. The van der Waals surface area contributed by atoms with Gasteiger partial charge >= 0.3 is 5.97 Å². The predicted molar refractivity (Wildman–Crippen MR) is 71.8 cm³/mol. The zero-order valence-electron chi connectivity index (χ0n) is 10.5. The van der Waals surface area contributed by atoms with Crippen LogP contribution in [0.5, 0.6) is 0 Å². The highest BCUT2D eigenvalue weighted by atomic mass is 19.1. The molecule has 20 heavy (non-hydrogen) atoms. The summed E-state index contributed by atoms with van der Waals surface area (Å²) in [5, 5.41) is 10.8. The van der Waals surface area contributed by atoms with Crippen LogP contribution in [0.15, 0.2) is 48.5 Å². The number of carboxylic acid groups (broad SMARTS) is 1. The minimum atomic E-state index is -1.10. The van der Waals surface area contributed by atoms with E-state index in [2.05, 4.69) is 5.32 Å². The third-order valence-electron chi connectivity index (χ3n) is 2.70. The van der Waals surface area contributed by atoms with E-state index < -0.39 is 18.4 Å². The predicted octanol–water partition coefficient (Wildman–Crippen LogP) is 2.31. The molecule has 4 nitrogen and oxygen atoms in total. The van der Waals surface area contributed by atoms with Crippen LogP contribution in [0, 0.1) is 5.82 Å². The van der Waals surface area contributed by atoms with Crippen LogP contribution in [0.4, 0.5) is 4.39 Å². The molecule has 0 unspecified atom stereocenters. The minimum Gasteiger partial charge on any atom is -0.480 e. The molecular weight excluding hydrogens is 261 g/mol. The molecule has 0 aliphatic carbocycles. The molecule has 2 aromatic rings. The van der Waals surface area contributed by atoms with Crippen molar-refractivity contribution in [3.05, 3.63) is 59.9 Å². The van der Waals surface area contributed by atoms with Crippen molar-refractivity contribution in [1.29, 1.82) is 0 Å². The number of carbonyl (C=O) groups excluding carboxylic acids is 1. The van der Waals surface area contributed by atoms with Crippen molar-refractivity contribution in [2.45, 2.75) is 0 Å². The molecule has 0 bridgehead atoms. The number of carbonyl (C=O) groups is 2. The van der Waals surface area contributed by atoms with Crippen LogP contribution >= 0.6 is 0 Å². The molecule has 5 heteroatoms. The van der Waals surface area contributed by atoms with Gasteiger partial charge in [0.05, 0.1) is 0 Å². The molecule has 2 aromatic carbocycles. The quantitative estimate of drug-likeness (QED) is 0.898. The lowest BCUT2D eigenvalue weighted by molar-refractivity contribution is -0.135. The Balaban J connectivity index is 2.21. The van der Waals surface area contributed by atoms with E-state index in [0.29, 0.717) is 5.56 Å². The van der Waals surface area contributed by atoms with Crippen molar-refractivity contribution in [2.24, 2.45) is 0 Å². The van der Waals surface area contributed by atoms with E-state index in [1.807, 2.05) is 0 Å². The van der Waals surface area contributed by atoms with E-state index in [4.69, 9.17) is 5.11 Å². The second-order valence-corrected chi connectivity index (χ2v) is 4.16. The van der Waals surface area contributed by atoms with Crippen LogP contribution in [0.1, 0.15) is 10.4 Å². The lowest BCUT2D eigenvalue weighted by Gasteiger charge is -2.06. The number of carboxylic acids is 1. The third-order valence-corrected chi connectivity index (χ3v) is 2.70. The van der Waals surface area contributed by atoms with Crippen molar-refractivity contribution in [3.8, 4) is 11.1 Å². The molecule has 0 aliphatic rings. The van der Waals surface area contributed by atoms with Crippen LogP contribution in [0.3, 0.4) is 0 Å². The third kappa shape index (κ3) is 3.41. The highest BCUT2D eigenvalue weighted by molar-refractivity contribution is 5.96. The summed E-state index contributed by atoms with van der Waals surface area (Å²) in [5.74, 6) is -1.89. The fourth-order valence-corrected chi connectivity index (χ4v) is 1.74. The van der Waals surface area contributed by atoms with E-state index in [9.17, 15) is 14.0 Å². The van der Waals surface area contributed by atoms with Gasteiger partial charge in [0, 0.05) is 5.56 Å². The number of halogens is 1. The normalized spacial score (nSPS) is 10.1. The number of rotatable bonds is 4. The number of benzene rings is 2. The maximum Gasteiger partial charge on any atom is 0.322 e. The summed E-state index contributed by atoms with van der Waals surface area (Å²) in [5.41, 5.74) is 1.89. The van der Waals surface area contributed by atoms with E-state index in [-0.39, 0.29) is 5.82 Å². The van der Waals surface area contributed by atoms with Crippen LogP contribution in [-0.4, -0.2) is 23.5 Å². The Morgan fingerprint density at radius 1 is 1.05 bits per heavy atom. The van der Waals surface area contributed by atoms with E-state index in [1.54, 1.807) is 36.4 Å². The second-order valence-electron chi connectivity index (χ2n) is 4.16. The summed E-state index contributed by atoms with van der Waals surface area (Å²) >= 11 is 0. The maximum absolute atomic E-state index is 12.9. The topological polar surface area (TPSA) is 66.4 Å².